The van der Waals surface area contributed by atoms with Gasteiger partial charge in [-0.25, -0.2) is 4.79 Å². The van der Waals surface area contributed by atoms with Gasteiger partial charge < -0.3 is 14.8 Å². The van der Waals surface area contributed by atoms with Gasteiger partial charge in [0.05, 0.1) is 30.0 Å². The van der Waals surface area contributed by atoms with Gasteiger partial charge in [0.15, 0.2) is 0 Å². The Labute approximate surface area is 151 Å². The second kappa shape index (κ2) is 8.62. The Morgan fingerprint density at radius 3 is 2.67 bits per heavy atom. The molecule has 0 atom stereocenters. The topological polar surface area (TPSA) is 47.6 Å². The van der Waals surface area contributed by atoms with Crippen molar-refractivity contribution in [3.8, 4) is 5.75 Å². The monoisotopic (exact) mass is 365 g/mol. The number of hydrogen-bond acceptors (Lipinski definition) is 4. The average molecular weight is 366 g/mol. The van der Waals surface area contributed by atoms with E-state index in [-0.39, 0.29) is 6.61 Å². The van der Waals surface area contributed by atoms with Crippen LogP contribution in [-0.4, -0.2) is 19.7 Å². The van der Waals surface area contributed by atoms with Gasteiger partial charge in [0, 0.05) is 11.2 Å². The molecule has 1 N–H and O–H groups in total. The molecule has 0 saturated carbocycles. The molecule has 2 aromatic rings. The average Bonchev–Trinajstić information content (AvgIpc) is 2.57. The van der Waals surface area contributed by atoms with Crippen molar-refractivity contribution in [2.75, 3.05) is 19.0 Å². The van der Waals surface area contributed by atoms with Crippen molar-refractivity contribution in [3.63, 3.8) is 0 Å². The molecule has 0 fully saturated rings. The Hall–Kier alpha value is -2.17. The molecule has 0 aromatic heterocycles. The van der Waals surface area contributed by atoms with Crippen molar-refractivity contribution in [1.82, 2.24) is 0 Å². The van der Waals surface area contributed by atoms with Crippen LogP contribution in [0.15, 0.2) is 48.7 Å². The summed E-state index contributed by atoms with van der Waals surface area (Å²) in [5, 5.41) is 4.01. The maximum absolute atomic E-state index is 12.3. The molecule has 24 heavy (non-hydrogen) atoms. The van der Waals surface area contributed by atoms with E-state index in [1.165, 1.54) is 0 Å². The highest BCUT2D eigenvalue weighted by molar-refractivity contribution is 6.36. The minimum absolute atomic E-state index is 0.280. The summed E-state index contributed by atoms with van der Waals surface area (Å²) in [7, 11) is 1.57. The summed E-state index contributed by atoms with van der Waals surface area (Å²) in [6.45, 7) is 2.03. The first-order valence-corrected chi connectivity index (χ1v) is 8.04. The lowest BCUT2D eigenvalue weighted by atomic mass is 10.1. The predicted molar refractivity (Wildman–Crippen MR) is 97.7 cm³/mol. The zero-order valence-corrected chi connectivity index (χ0v) is 14.8. The summed E-state index contributed by atoms with van der Waals surface area (Å²) in [6.07, 6.45) is 1.56. The van der Waals surface area contributed by atoms with E-state index in [0.717, 1.165) is 0 Å². The first kappa shape index (κ1) is 18.2. The van der Waals surface area contributed by atoms with E-state index in [2.05, 4.69) is 5.32 Å². The second-order valence-electron chi connectivity index (χ2n) is 4.78. The molecule has 2 rings (SSSR count). The molecule has 126 valence electrons. The number of hydrogen-bond donors (Lipinski definition) is 1. The summed E-state index contributed by atoms with van der Waals surface area (Å²) < 4.78 is 10.3. The van der Waals surface area contributed by atoms with Gasteiger partial charge in [-0.1, -0.05) is 35.3 Å². The number of benzene rings is 2. The van der Waals surface area contributed by atoms with Gasteiger partial charge in [0.25, 0.3) is 0 Å². The van der Waals surface area contributed by atoms with Crippen LogP contribution in [0.4, 0.5) is 5.69 Å². The quantitative estimate of drug-likeness (QED) is 0.576. The molecular formula is C18H17Cl2NO3. The van der Waals surface area contributed by atoms with Crippen LogP contribution in [0.3, 0.4) is 0 Å². The molecular weight excluding hydrogens is 349 g/mol. The van der Waals surface area contributed by atoms with Crippen molar-refractivity contribution in [1.29, 1.82) is 0 Å². The summed E-state index contributed by atoms with van der Waals surface area (Å²) in [5.41, 5.74) is 1.66. The maximum Gasteiger partial charge on any atom is 0.340 e. The first-order chi connectivity index (χ1) is 11.5. The fraction of sp³-hybridized carbons (Fsp3) is 0.167. The number of carbonyl (C=O) groups excluding carboxylic acids is 1. The number of methoxy groups -OCH3 is 1. The molecule has 0 aliphatic carbocycles. The summed E-state index contributed by atoms with van der Waals surface area (Å²) in [5.74, 6) is 0.204. The van der Waals surface area contributed by atoms with Gasteiger partial charge in [0.1, 0.15) is 5.75 Å². The minimum Gasteiger partial charge on any atom is -0.497 e. The molecule has 0 unspecified atom stereocenters. The molecule has 0 amide bonds. The van der Waals surface area contributed by atoms with Crippen molar-refractivity contribution in [2.45, 2.75) is 6.92 Å². The molecule has 0 aliphatic rings. The number of ether oxygens (including phenoxy) is 2. The van der Waals surface area contributed by atoms with Crippen molar-refractivity contribution in [3.05, 3.63) is 64.3 Å². The molecule has 2 aromatic carbocycles. The molecule has 4 nitrogen and oxygen atoms in total. The Morgan fingerprint density at radius 1 is 1.21 bits per heavy atom. The molecule has 0 heterocycles. The Balaban J connectivity index is 2.36. The summed E-state index contributed by atoms with van der Waals surface area (Å²) >= 11 is 12.0. The van der Waals surface area contributed by atoms with E-state index in [0.29, 0.717) is 32.6 Å². The SMILES string of the molecule is CCOC(=O)/C(=C\Nc1ccc(Cl)cc1Cl)c1cccc(OC)c1. The van der Waals surface area contributed by atoms with Crippen LogP contribution in [-0.2, 0) is 9.53 Å². The van der Waals surface area contributed by atoms with Crippen LogP contribution in [0.5, 0.6) is 5.75 Å². The van der Waals surface area contributed by atoms with E-state index in [9.17, 15) is 4.79 Å². The summed E-state index contributed by atoms with van der Waals surface area (Å²) in [4.78, 5) is 12.3. The number of esters is 1. The molecule has 6 heteroatoms. The lowest BCUT2D eigenvalue weighted by Crippen LogP contribution is -2.08. The number of anilines is 1. The van der Waals surface area contributed by atoms with Gasteiger partial charge in [-0.3, -0.25) is 0 Å². The fourth-order valence-corrected chi connectivity index (χ4v) is 2.48. The highest BCUT2D eigenvalue weighted by atomic mass is 35.5. The molecule has 0 aliphatic heterocycles. The Morgan fingerprint density at radius 2 is 2.00 bits per heavy atom. The maximum atomic E-state index is 12.3. The van der Waals surface area contributed by atoms with E-state index < -0.39 is 5.97 Å². The van der Waals surface area contributed by atoms with E-state index in [4.69, 9.17) is 32.7 Å². The van der Waals surface area contributed by atoms with Crippen molar-refractivity contribution in [2.24, 2.45) is 0 Å². The minimum atomic E-state index is -0.441. The third kappa shape index (κ3) is 4.66. The highest BCUT2D eigenvalue weighted by Crippen LogP contribution is 2.27. The van der Waals surface area contributed by atoms with E-state index in [1.54, 1.807) is 62.7 Å². The van der Waals surface area contributed by atoms with Gasteiger partial charge in [0.2, 0.25) is 0 Å². The molecule has 0 radical (unpaired) electrons. The third-order valence-corrected chi connectivity index (χ3v) is 3.73. The first-order valence-electron chi connectivity index (χ1n) is 7.28. The van der Waals surface area contributed by atoms with Crippen molar-refractivity contribution >= 4 is 40.4 Å². The molecule has 0 saturated heterocycles. The molecule has 0 bridgehead atoms. The van der Waals surface area contributed by atoms with Crippen LogP contribution in [0.1, 0.15) is 12.5 Å². The van der Waals surface area contributed by atoms with Gasteiger partial charge in [-0.2, -0.15) is 0 Å². The van der Waals surface area contributed by atoms with Crippen LogP contribution < -0.4 is 10.1 Å². The molecule has 0 spiro atoms. The Bertz CT molecular complexity index is 760. The van der Waals surface area contributed by atoms with E-state index >= 15 is 0 Å². The summed E-state index contributed by atoms with van der Waals surface area (Å²) in [6, 6.07) is 12.2. The highest BCUT2D eigenvalue weighted by Gasteiger charge is 2.14. The zero-order chi connectivity index (χ0) is 17.5. The number of carbonyl (C=O) groups is 1. The smallest absolute Gasteiger partial charge is 0.340 e. The fourth-order valence-electron chi connectivity index (χ4n) is 2.02. The van der Waals surface area contributed by atoms with Crippen LogP contribution >= 0.6 is 23.2 Å². The Kier molecular flexibility index (Phi) is 6.53. The third-order valence-electron chi connectivity index (χ3n) is 3.18. The van der Waals surface area contributed by atoms with Gasteiger partial charge >= 0.3 is 5.97 Å². The number of halogens is 2. The largest absolute Gasteiger partial charge is 0.497 e. The number of nitrogens with one attached hydrogen (secondary N) is 1. The van der Waals surface area contributed by atoms with Crippen LogP contribution in [0.25, 0.3) is 5.57 Å². The van der Waals surface area contributed by atoms with Crippen LogP contribution in [0, 0.1) is 0 Å². The standard InChI is InChI=1S/C18H17Cl2NO3/c1-3-24-18(22)15(12-5-4-6-14(9-12)23-2)11-21-17-8-7-13(19)10-16(17)20/h4-11,21H,3H2,1-2H3/b15-11-. The zero-order valence-electron chi connectivity index (χ0n) is 13.3. The lowest BCUT2D eigenvalue weighted by Gasteiger charge is -2.11. The second-order valence-corrected chi connectivity index (χ2v) is 5.62. The normalized spacial score (nSPS) is 11.1. The van der Waals surface area contributed by atoms with E-state index in [1.807, 2.05) is 0 Å². The number of rotatable bonds is 6. The van der Waals surface area contributed by atoms with Gasteiger partial charge in [-0.05, 0) is 42.8 Å². The lowest BCUT2D eigenvalue weighted by molar-refractivity contribution is -0.136. The van der Waals surface area contributed by atoms with Crippen molar-refractivity contribution < 1.29 is 14.3 Å². The van der Waals surface area contributed by atoms with Gasteiger partial charge in [-0.15, -0.1) is 0 Å². The van der Waals surface area contributed by atoms with Crippen LogP contribution in [0.2, 0.25) is 10.0 Å². The predicted octanol–water partition coefficient (Wildman–Crippen LogP) is 5.02.